The topological polar surface area (TPSA) is 96.7 Å². The molecule has 0 bridgehead atoms. The monoisotopic (exact) mass is 376 g/mol. The fraction of sp³-hybridized carbons (Fsp3) is 0.0625. The average Bonchev–Trinajstić information content (AvgIpc) is 2.88. The summed E-state index contributed by atoms with van der Waals surface area (Å²) in [5.41, 5.74) is 1.27. The molecule has 3 aromatic rings. The highest BCUT2D eigenvalue weighted by atomic mass is 35.7. The van der Waals surface area contributed by atoms with Crippen molar-refractivity contribution in [3.8, 4) is 5.69 Å². The van der Waals surface area contributed by atoms with Crippen molar-refractivity contribution in [2.75, 3.05) is 0 Å². The zero-order chi connectivity index (χ0) is 18.0. The van der Waals surface area contributed by atoms with Crippen LogP contribution in [0.15, 0.2) is 74.5 Å². The summed E-state index contributed by atoms with van der Waals surface area (Å²) < 4.78 is 24.1. The molecular weight excluding hydrogens is 364 g/mol. The summed E-state index contributed by atoms with van der Waals surface area (Å²) in [6.07, 6.45) is 0. The second-order valence-corrected chi connectivity index (χ2v) is 7.76. The number of H-pyrrole nitrogens is 1. The number of rotatable bonds is 4. The third-order valence-electron chi connectivity index (χ3n) is 3.42. The molecule has 0 fully saturated rings. The van der Waals surface area contributed by atoms with Gasteiger partial charge in [0.1, 0.15) is 0 Å². The maximum absolute atomic E-state index is 12.5. The predicted molar refractivity (Wildman–Crippen MR) is 94.8 cm³/mol. The Balaban J connectivity index is 1.98. The second kappa shape index (κ2) is 6.66. The standard InChI is InChI=1S/C16H13ClN4O3S/c1-11-15(16(22)21(20-11)13-7-3-2-4-8-13)19-18-12-6-5-9-14(10-12)25(17,23)24/h2-10,20H,1H3. The molecule has 0 saturated carbocycles. The summed E-state index contributed by atoms with van der Waals surface area (Å²) in [6, 6.07) is 14.7. The van der Waals surface area contributed by atoms with Crippen molar-refractivity contribution >= 4 is 31.1 Å². The molecule has 128 valence electrons. The molecule has 7 nitrogen and oxygen atoms in total. The molecule has 9 heteroatoms. The first kappa shape index (κ1) is 17.1. The molecule has 0 aliphatic heterocycles. The lowest BCUT2D eigenvalue weighted by atomic mass is 10.3. The van der Waals surface area contributed by atoms with Crippen molar-refractivity contribution in [1.82, 2.24) is 9.78 Å². The van der Waals surface area contributed by atoms with Crippen molar-refractivity contribution in [3.63, 3.8) is 0 Å². The van der Waals surface area contributed by atoms with Gasteiger partial charge in [-0.1, -0.05) is 24.3 Å². The number of aryl methyl sites for hydroxylation is 1. The van der Waals surface area contributed by atoms with Gasteiger partial charge in [-0.3, -0.25) is 9.89 Å². The number of para-hydroxylation sites is 1. The van der Waals surface area contributed by atoms with Gasteiger partial charge in [-0.15, -0.1) is 5.11 Å². The first-order valence-corrected chi connectivity index (χ1v) is 9.51. The highest BCUT2D eigenvalue weighted by molar-refractivity contribution is 8.13. The van der Waals surface area contributed by atoms with E-state index in [1.165, 1.54) is 22.9 Å². The number of nitrogens with zero attached hydrogens (tertiary/aromatic N) is 3. The maximum Gasteiger partial charge on any atom is 0.299 e. The minimum Gasteiger partial charge on any atom is -0.293 e. The number of nitrogens with one attached hydrogen (secondary N) is 1. The molecule has 3 rings (SSSR count). The molecule has 1 heterocycles. The normalized spacial score (nSPS) is 11.9. The lowest BCUT2D eigenvalue weighted by Gasteiger charge is -1.99. The summed E-state index contributed by atoms with van der Waals surface area (Å²) in [7, 11) is 1.45. The molecular formula is C16H13ClN4O3S. The van der Waals surface area contributed by atoms with E-state index < -0.39 is 9.05 Å². The zero-order valence-electron chi connectivity index (χ0n) is 13.0. The average molecular weight is 377 g/mol. The fourth-order valence-corrected chi connectivity index (χ4v) is 3.01. The van der Waals surface area contributed by atoms with Crippen LogP contribution in [-0.2, 0) is 9.05 Å². The molecule has 0 spiro atoms. The molecule has 0 radical (unpaired) electrons. The van der Waals surface area contributed by atoms with Gasteiger partial charge in [0.15, 0.2) is 5.69 Å². The molecule has 0 unspecified atom stereocenters. The minimum absolute atomic E-state index is 0.0851. The lowest BCUT2D eigenvalue weighted by Crippen LogP contribution is -2.13. The Morgan fingerprint density at radius 1 is 1.04 bits per heavy atom. The molecule has 0 saturated heterocycles. The van der Waals surface area contributed by atoms with Gasteiger partial charge in [0.05, 0.1) is 22.0 Å². The molecule has 0 aliphatic carbocycles. The Kier molecular flexibility index (Phi) is 4.56. The van der Waals surface area contributed by atoms with E-state index in [1.807, 2.05) is 18.2 Å². The number of hydrogen-bond acceptors (Lipinski definition) is 5. The van der Waals surface area contributed by atoms with E-state index in [1.54, 1.807) is 25.1 Å². The first-order valence-electron chi connectivity index (χ1n) is 7.20. The van der Waals surface area contributed by atoms with E-state index in [9.17, 15) is 13.2 Å². The highest BCUT2D eigenvalue weighted by Gasteiger charge is 2.13. The van der Waals surface area contributed by atoms with Crippen LogP contribution in [0.1, 0.15) is 5.69 Å². The number of halogens is 1. The third kappa shape index (κ3) is 3.70. The summed E-state index contributed by atoms with van der Waals surface area (Å²) >= 11 is 0. The molecule has 1 N–H and O–H groups in total. The number of aromatic amines is 1. The number of hydrogen-bond donors (Lipinski definition) is 1. The van der Waals surface area contributed by atoms with Crippen LogP contribution in [0.4, 0.5) is 11.4 Å². The van der Waals surface area contributed by atoms with Gasteiger partial charge in [0.25, 0.3) is 14.6 Å². The molecule has 0 atom stereocenters. The van der Waals surface area contributed by atoms with Crippen LogP contribution >= 0.6 is 10.7 Å². The fourth-order valence-electron chi connectivity index (χ4n) is 2.22. The van der Waals surface area contributed by atoms with Crippen LogP contribution in [0.5, 0.6) is 0 Å². The van der Waals surface area contributed by atoms with Gasteiger partial charge in [0, 0.05) is 10.7 Å². The van der Waals surface area contributed by atoms with E-state index in [0.717, 1.165) is 0 Å². The van der Waals surface area contributed by atoms with Gasteiger partial charge >= 0.3 is 0 Å². The van der Waals surface area contributed by atoms with Crippen molar-refractivity contribution in [1.29, 1.82) is 0 Å². The zero-order valence-corrected chi connectivity index (χ0v) is 14.6. The Hall–Kier alpha value is -2.71. The van der Waals surface area contributed by atoms with Gasteiger partial charge in [-0.2, -0.15) is 5.11 Å². The highest BCUT2D eigenvalue weighted by Crippen LogP contribution is 2.23. The van der Waals surface area contributed by atoms with Crippen LogP contribution in [0, 0.1) is 6.92 Å². The Morgan fingerprint density at radius 3 is 2.44 bits per heavy atom. The predicted octanol–water partition coefficient (Wildman–Crippen LogP) is 3.82. The third-order valence-corrected chi connectivity index (χ3v) is 4.77. The summed E-state index contributed by atoms with van der Waals surface area (Å²) in [5.74, 6) is 0. The van der Waals surface area contributed by atoms with E-state index in [0.29, 0.717) is 11.4 Å². The number of azo groups is 1. The van der Waals surface area contributed by atoms with Crippen LogP contribution < -0.4 is 5.56 Å². The van der Waals surface area contributed by atoms with Gasteiger partial charge in [-0.05, 0) is 37.3 Å². The van der Waals surface area contributed by atoms with Crippen LogP contribution in [0.2, 0.25) is 0 Å². The van der Waals surface area contributed by atoms with Crippen LogP contribution in [0.25, 0.3) is 5.69 Å². The van der Waals surface area contributed by atoms with Gasteiger partial charge in [-0.25, -0.2) is 13.1 Å². The molecule has 0 amide bonds. The first-order chi connectivity index (χ1) is 11.9. The largest absolute Gasteiger partial charge is 0.299 e. The quantitative estimate of drug-likeness (QED) is 0.553. The lowest BCUT2D eigenvalue weighted by molar-refractivity contribution is 0.609. The molecule has 2 aromatic carbocycles. The summed E-state index contributed by atoms with van der Waals surface area (Å²) in [5, 5.41) is 10.8. The smallest absolute Gasteiger partial charge is 0.293 e. The minimum atomic E-state index is -3.86. The van der Waals surface area contributed by atoms with E-state index in [-0.39, 0.29) is 21.8 Å². The summed E-state index contributed by atoms with van der Waals surface area (Å²) in [4.78, 5) is 12.4. The van der Waals surface area contributed by atoms with E-state index >= 15 is 0 Å². The maximum atomic E-state index is 12.5. The Labute approximate surface area is 148 Å². The molecule has 25 heavy (non-hydrogen) atoms. The number of benzene rings is 2. The van der Waals surface area contributed by atoms with Gasteiger partial charge in [0.2, 0.25) is 0 Å². The summed E-state index contributed by atoms with van der Waals surface area (Å²) in [6.45, 7) is 1.70. The Morgan fingerprint density at radius 2 is 1.76 bits per heavy atom. The second-order valence-electron chi connectivity index (χ2n) is 5.20. The van der Waals surface area contributed by atoms with Crippen LogP contribution in [0.3, 0.4) is 0 Å². The van der Waals surface area contributed by atoms with Crippen molar-refractivity contribution in [3.05, 3.63) is 70.6 Å². The molecule has 0 aliphatic rings. The van der Waals surface area contributed by atoms with Crippen molar-refractivity contribution < 1.29 is 8.42 Å². The van der Waals surface area contributed by atoms with Crippen molar-refractivity contribution in [2.24, 2.45) is 10.2 Å². The SMILES string of the molecule is Cc1[nH]n(-c2ccccc2)c(=O)c1N=Nc1cccc(S(=O)(=O)Cl)c1. The van der Waals surface area contributed by atoms with Crippen molar-refractivity contribution in [2.45, 2.75) is 11.8 Å². The van der Waals surface area contributed by atoms with Crippen LogP contribution in [-0.4, -0.2) is 18.2 Å². The van der Waals surface area contributed by atoms with E-state index in [4.69, 9.17) is 10.7 Å². The van der Waals surface area contributed by atoms with E-state index in [2.05, 4.69) is 15.3 Å². The number of aromatic nitrogens is 2. The molecule has 1 aromatic heterocycles. The van der Waals surface area contributed by atoms with Gasteiger partial charge < -0.3 is 0 Å². The Bertz CT molecular complexity index is 1100.